The summed E-state index contributed by atoms with van der Waals surface area (Å²) in [5.74, 6) is 0. The van der Waals surface area contributed by atoms with Gasteiger partial charge < -0.3 is 5.32 Å². The molecule has 0 radical (unpaired) electrons. The lowest BCUT2D eigenvalue weighted by Crippen LogP contribution is -2.30. The van der Waals surface area contributed by atoms with Gasteiger partial charge in [0.15, 0.2) is 0 Å². The Balaban J connectivity index is 1.67. The summed E-state index contributed by atoms with van der Waals surface area (Å²) in [4.78, 5) is 0. The van der Waals surface area contributed by atoms with Crippen LogP contribution in [0.25, 0.3) is 0 Å². The fraction of sp³-hybridized carbons (Fsp3) is 0.625. The van der Waals surface area contributed by atoms with Gasteiger partial charge in [-0.1, -0.05) is 31.0 Å². The van der Waals surface area contributed by atoms with Crippen LogP contribution in [-0.2, 0) is 19.3 Å². The lowest BCUT2D eigenvalue weighted by Gasteiger charge is -2.16. The Hall–Kier alpha value is -0.820. The standard InChI is InChI=1S/C16H23N/c1-2-7-16(17-10-3-1)12-13-8-9-14-5-4-6-15(14)11-13/h8-9,11,16-17H,1-7,10,12H2. The monoisotopic (exact) mass is 229 g/mol. The molecule has 0 amide bonds. The largest absolute Gasteiger partial charge is 0.314 e. The van der Waals surface area contributed by atoms with Crippen LogP contribution >= 0.6 is 0 Å². The molecule has 92 valence electrons. The van der Waals surface area contributed by atoms with Crippen molar-refractivity contribution < 1.29 is 0 Å². The highest BCUT2D eigenvalue weighted by Gasteiger charge is 2.14. The van der Waals surface area contributed by atoms with Crippen molar-refractivity contribution in [2.45, 2.75) is 57.4 Å². The summed E-state index contributed by atoms with van der Waals surface area (Å²) < 4.78 is 0. The van der Waals surface area contributed by atoms with Gasteiger partial charge in [0, 0.05) is 6.04 Å². The fourth-order valence-corrected chi connectivity index (χ4v) is 3.31. The van der Waals surface area contributed by atoms with Crippen molar-refractivity contribution >= 4 is 0 Å². The highest BCUT2D eigenvalue weighted by molar-refractivity contribution is 5.35. The van der Waals surface area contributed by atoms with Crippen LogP contribution in [0.4, 0.5) is 0 Å². The summed E-state index contributed by atoms with van der Waals surface area (Å²) in [6.07, 6.45) is 10.7. The molecule has 1 N–H and O–H groups in total. The van der Waals surface area contributed by atoms with Gasteiger partial charge in [-0.2, -0.15) is 0 Å². The summed E-state index contributed by atoms with van der Waals surface area (Å²) in [6.45, 7) is 1.22. The molecule has 0 saturated carbocycles. The van der Waals surface area contributed by atoms with Crippen molar-refractivity contribution in [2.24, 2.45) is 0 Å². The smallest absolute Gasteiger partial charge is 0.0107 e. The molecule has 3 rings (SSSR count). The molecular formula is C16H23N. The van der Waals surface area contributed by atoms with E-state index in [2.05, 4.69) is 23.5 Å². The predicted molar refractivity (Wildman–Crippen MR) is 72.4 cm³/mol. The molecule has 1 fully saturated rings. The van der Waals surface area contributed by atoms with Crippen molar-refractivity contribution in [3.05, 3.63) is 34.9 Å². The van der Waals surface area contributed by atoms with Crippen molar-refractivity contribution in [3.8, 4) is 0 Å². The van der Waals surface area contributed by atoms with E-state index in [4.69, 9.17) is 0 Å². The lowest BCUT2D eigenvalue weighted by atomic mass is 9.98. The first-order chi connectivity index (χ1) is 8.42. The lowest BCUT2D eigenvalue weighted by molar-refractivity contribution is 0.507. The van der Waals surface area contributed by atoms with Crippen molar-refractivity contribution in [1.82, 2.24) is 5.32 Å². The molecule has 1 heteroatoms. The van der Waals surface area contributed by atoms with E-state index in [1.807, 2.05) is 0 Å². The highest BCUT2D eigenvalue weighted by atomic mass is 14.9. The van der Waals surface area contributed by atoms with E-state index in [-0.39, 0.29) is 0 Å². The molecule has 1 saturated heterocycles. The number of rotatable bonds is 2. The molecule has 17 heavy (non-hydrogen) atoms. The molecule has 1 aromatic rings. The topological polar surface area (TPSA) is 12.0 Å². The zero-order chi connectivity index (χ0) is 11.5. The van der Waals surface area contributed by atoms with Gasteiger partial charge >= 0.3 is 0 Å². The number of hydrogen-bond donors (Lipinski definition) is 1. The van der Waals surface area contributed by atoms with E-state index in [1.165, 1.54) is 57.9 Å². The average Bonchev–Trinajstić information content (AvgIpc) is 2.65. The Kier molecular flexibility index (Phi) is 3.46. The zero-order valence-corrected chi connectivity index (χ0v) is 10.7. The first kappa shape index (κ1) is 11.3. The molecule has 1 aromatic carbocycles. The molecule has 1 heterocycles. The van der Waals surface area contributed by atoms with Gasteiger partial charge in [0.25, 0.3) is 0 Å². The van der Waals surface area contributed by atoms with Crippen molar-refractivity contribution in [3.63, 3.8) is 0 Å². The van der Waals surface area contributed by atoms with E-state index < -0.39 is 0 Å². The van der Waals surface area contributed by atoms with Crippen LogP contribution in [-0.4, -0.2) is 12.6 Å². The van der Waals surface area contributed by atoms with Gasteiger partial charge in [0.1, 0.15) is 0 Å². The molecule has 0 spiro atoms. The summed E-state index contributed by atoms with van der Waals surface area (Å²) in [7, 11) is 0. The minimum absolute atomic E-state index is 0.719. The van der Waals surface area contributed by atoms with Crippen LogP contribution in [0.15, 0.2) is 18.2 Å². The van der Waals surface area contributed by atoms with Crippen LogP contribution in [0, 0.1) is 0 Å². The van der Waals surface area contributed by atoms with Gasteiger partial charge in [0.2, 0.25) is 0 Å². The molecule has 1 nitrogen and oxygen atoms in total. The number of nitrogens with one attached hydrogen (secondary N) is 1. The third kappa shape index (κ3) is 2.71. The van der Waals surface area contributed by atoms with Crippen LogP contribution in [0.3, 0.4) is 0 Å². The summed E-state index contributed by atoms with van der Waals surface area (Å²) in [6, 6.07) is 7.91. The van der Waals surface area contributed by atoms with Gasteiger partial charge in [0.05, 0.1) is 0 Å². The quantitative estimate of drug-likeness (QED) is 0.821. The third-order valence-corrected chi connectivity index (χ3v) is 4.31. The highest BCUT2D eigenvalue weighted by Crippen LogP contribution is 2.24. The Morgan fingerprint density at radius 1 is 1.00 bits per heavy atom. The second-order valence-corrected chi connectivity index (χ2v) is 5.66. The molecular weight excluding hydrogens is 206 g/mol. The fourth-order valence-electron chi connectivity index (χ4n) is 3.31. The molecule has 0 bridgehead atoms. The normalized spacial score (nSPS) is 24.4. The van der Waals surface area contributed by atoms with Crippen LogP contribution in [0.2, 0.25) is 0 Å². The SMILES string of the molecule is c1cc2c(cc1CC1CCCCCN1)CCC2. The number of aryl methyl sites for hydroxylation is 2. The van der Waals surface area contributed by atoms with Crippen LogP contribution < -0.4 is 5.32 Å². The summed E-state index contributed by atoms with van der Waals surface area (Å²) in [5, 5.41) is 3.70. The molecule has 1 aliphatic heterocycles. The Bertz CT molecular complexity index is 375. The van der Waals surface area contributed by atoms with Gasteiger partial charge in [-0.25, -0.2) is 0 Å². The Morgan fingerprint density at radius 3 is 2.94 bits per heavy atom. The maximum absolute atomic E-state index is 3.70. The second kappa shape index (κ2) is 5.22. The Labute approximate surface area is 105 Å². The van der Waals surface area contributed by atoms with E-state index in [9.17, 15) is 0 Å². The first-order valence-electron chi connectivity index (χ1n) is 7.26. The van der Waals surface area contributed by atoms with Gasteiger partial charge in [-0.3, -0.25) is 0 Å². The van der Waals surface area contributed by atoms with E-state index in [0.717, 1.165) is 6.04 Å². The molecule has 1 aliphatic carbocycles. The second-order valence-electron chi connectivity index (χ2n) is 5.66. The third-order valence-electron chi connectivity index (χ3n) is 4.31. The number of benzene rings is 1. The maximum atomic E-state index is 3.70. The summed E-state index contributed by atoms with van der Waals surface area (Å²) >= 11 is 0. The molecule has 2 aliphatic rings. The van der Waals surface area contributed by atoms with E-state index in [0.29, 0.717) is 0 Å². The van der Waals surface area contributed by atoms with Crippen LogP contribution in [0.1, 0.15) is 48.8 Å². The van der Waals surface area contributed by atoms with Gasteiger partial charge in [-0.15, -0.1) is 0 Å². The minimum Gasteiger partial charge on any atom is -0.314 e. The van der Waals surface area contributed by atoms with Crippen molar-refractivity contribution in [2.75, 3.05) is 6.54 Å². The first-order valence-corrected chi connectivity index (χ1v) is 7.26. The average molecular weight is 229 g/mol. The minimum atomic E-state index is 0.719. The molecule has 1 atom stereocenters. The predicted octanol–water partition coefficient (Wildman–Crippen LogP) is 3.25. The zero-order valence-electron chi connectivity index (χ0n) is 10.7. The van der Waals surface area contributed by atoms with Crippen molar-refractivity contribution in [1.29, 1.82) is 0 Å². The Morgan fingerprint density at radius 2 is 1.94 bits per heavy atom. The van der Waals surface area contributed by atoms with E-state index >= 15 is 0 Å². The maximum Gasteiger partial charge on any atom is 0.0107 e. The molecule has 1 unspecified atom stereocenters. The van der Waals surface area contributed by atoms with Gasteiger partial charge in [-0.05, 0) is 61.8 Å². The van der Waals surface area contributed by atoms with E-state index in [1.54, 1.807) is 16.7 Å². The molecule has 0 aromatic heterocycles. The number of hydrogen-bond acceptors (Lipinski definition) is 1. The number of fused-ring (bicyclic) bond motifs is 1. The van der Waals surface area contributed by atoms with Crippen LogP contribution in [0.5, 0.6) is 0 Å². The summed E-state index contributed by atoms with van der Waals surface area (Å²) in [5.41, 5.74) is 4.77.